The molecule has 0 spiro atoms. The first-order valence-electron chi connectivity index (χ1n) is 9.51. The van der Waals surface area contributed by atoms with Gasteiger partial charge in [0.05, 0.1) is 16.5 Å². The van der Waals surface area contributed by atoms with Gasteiger partial charge in [-0.2, -0.15) is 0 Å². The number of fused-ring (bicyclic) bond motifs is 1. The van der Waals surface area contributed by atoms with E-state index in [1.807, 2.05) is 6.07 Å². The van der Waals surface area contributed by atoms with Crippen LogP contribution in [0.25, 0.3) is 0 Å². The zero-order valence-corrected chi connectivity index (χ0v) is 17.3. The van der Waals surface area contributed by atoms with E-state index in [0.29, 0.717) is 22.4 Å². The van der Waals surface area contributed by atoms with Crippen LogP contribution in [0, 0.1) is 16.0 Å². The van der Waals surface area contributed by atoms with Crippen LogP contribution in [0.4, 0.5) is 5.69 Å². The Morgan fingerprint density at radius 2 is 1.97 bits per heavy atom. The lowest BCUT2D eigenvalue weighted by molar-refractivity contribution is -0.384. The lowest BCUT2D eigenvalue weighted by atomic mass is 10.1. The number of ether oxygens (including phenoxy) is 1. The number of likely N-dealkylation sites (tertiary alicyclic amines) is 1. The van der Waals surface area contributed by atoms with Crippen molar-refractivity contribution >= 4 is 34.9 Å². The van der Waals surface area contributed by atoms with Crippen molar-refractivity contribution in [3.63, 3.8) is 0 Å². The van der Waals surface area contributed by atoms with Crippen LogP contribution in [0.3, 0.4) is 0 Å². The van der Waals surface area contributed by atoms with Gasteiger partial charge in [0.25, 0.3) is 5.69 Å². The van der Waals surface area contributed by atoms with Gasteiger partial charge in [0.15, 0.2) is 0 Å². The fourth-order valence-corrected chi connectivity index (χ4v) is 4.84. The van der Waals surface area contributed by atoms with Gasteiger partial charge in [-0.3, -0.25) is 15.0 Å². The van der Waals surface area contributed by atoms with E-state index in [1.54, 1.807) is 6.07 Å². The summed E-state index contributed by atoms with van der Waals surface area (Å²) in [4.78, 5) is 25.5. The van der Waals surface area contributed by atoms with E-state index in [9.17, 15) is 14.9 Å². The zero-order chi connectivity index (χ0) is 20.7. The van der Waals surface area contributed by atoms with Crippen molar-refractivity contribution in [1.82, 2.24) is 4.90 Å². The Bertz CT molecular complexity index is 964. The Morgan fingerprint density at radius 3 is 2.59 bits per heavy atom. The molecule has 1 aliphatic heterocycles. The molecule has 0 unspecified atom stereocenters. The first-order valence-corrected chi connectivity index (χ1v) is 10.3. The molecular formula is C21H20Cl2N2O4. The Morgan fingerprint density at radius 1 is 1.24 bits per heavy atom. The second-order valence-electron chi connectivity index (χ2n) is 7.75. The predicted octanol–water partition coefficient (Wildman–Crippen LogP) is 5.07. The van der Waals surface area contributed by atoms with Gasteiger partial charge in [0, 0.05) is 34.3 Å². The first-order chi connectivity index (χ1) is 13.8. The molecule has 0 N–H and O–H groups in total. The molecule has 1 aliphatic carbocycles. The fourth-order valence-electron chi connectivity index (χ4n) is 4.25. The highest BCUT2D eigenvalue weighted by Gasteiger charge is 2.42. The number of nitro groups is 1. The van der Waals surface area contributed by atoms with E-state index < -0.39 is 17.0 Å². The number of nitrogens with zero attached hydrogens (tertiary/aromatic N) is 2. The largest absolute Gasteiger partial charge is 0.452 e. The van der Waals surface area contributed by atoms with Crippen molar-refractivity contribution in [2.45, 2.75) is 31.9 Å². The molecule has 2 aromatic carbocycles. The van der Waals surface area contributed by atoms with Crippen molar-refractivity contribution in [2.24, 2.45) is 5.92 Å². The molecule has 29 heavy (non-hydrogen) atoms. The second-order valence-corrected chi connectivity index (χ2v) is 8.59. The van der Waals surface area contributed by atoms with Crippen LogP contribution in [0.15, 0.2) is 36.4 Å². The lowest BCUT2D eigenvalue weighted by Crippen LogP contribution is -2.38. The average molecular weight is 435 g/mol. The van der Waals surface area contributed by atoms with Crippen LogP contribution < -0.4 is 0 Å². The molecule has 4 rings (SSSR count). The molecule has 8 heteroatoms. The normalized spacial score (nSPS) is 23.8. The molecule has 1 saturated heterocycles. The molecule has 0 radical (unpaired) electrons. The van der Waals surface area contributed by atoms with Crippen molar-refractivity contribution in [2.75, 3.05) is 13.1 Å². The summed E-state index contributed by atoms with van der Waals surface area (Å²) in [7, 11) is 0. The highest BCUT2D eigenvalue weighted by atomic mass is 35.5. The minimum Gasteiger partial charge on any atom is -0.452 e. The van der Waals surface area contributed by atoms with Gasteiger partial charge in [-0.25, -0.2) is 4.79 Å². The van der Waals surface area contributed by atoms with E-state index >= 15 is 0 Å². The van der Waals surface area contributed by atoms with Crippen molar-refractivity contribution in [1.29, 1.82) is 0 Å². The molecule has 2 aromatic rings. The molecule has 0 saturated carbocycles. The summed E-state index contributed by atoms with van der Waals surface area (Å²) in [5.41, 5.74) is 1.99. The number of non-ortho nitro benzene ring substituents is 1. The maximum Gasteiger partial charge on any atom is 0.338 e. The molecule has 3 atom stereocenters. The number of carbonyl (C=O) groups is 1. The summed E-state index contributed by atoms with van der Waals surface area (Å²) in [6.07, 6.45) is 1.30. The predicted molar refractivity (Wildman–Crippen MR) is 111 cm³/mol. The summed E-state index contributed by atoms with van der Waals surface area (Å²) in [6.45, 7) is 4.09. The molecule has 1 fully saturated rings. The number of carbonyl (C=O) groups excluding carboxylic acids is 1. The van der Waals surface area contributed by atoms with Gasteiger partial charge in [0.1, 0.15) is 6.10 Å². The molecule has 1 heterocycles. The number of halogens is 2. The Hall–Kier alpha value is -2.15. The number of esters is 1. The number of hydrogen-bond donors (Lipinski definition) is 0. The lowest BCUT2D eigenvalue weighted by Gasteiger charge is -2.29. The summed E-state index contributed by atoms with van der Waals surface area (Å²) in [6, 6.07) is 8.94. The minimum absolute atomic E-state index is 0.00656. The zero-order valence-electron chi connectivity index (χ0n) is 15.8. The number of nitro benzene ring substituents is 1. The van der Waals surface area contributed by atoms with Gasteiger partial charge >= 0.3 is 5.97 Å². The summed E-state index contributed by atoms with van der Waals surface area (Å²) >= 11 is 12.7. The van der Waals surface area contributed by atoms with Crippen LogP contribution in [0.5, 0.6) is 0 Å². The fraction of sp³-hybridized carbons (Fsp3) is 0.381. The van der Waals surface area contributed by atoms with E-state index in [0.717, 1.165) is 30.6 Å². The Balaban J connectivity index is 1.63. The van der Waals surface area contributed by atoms with Crippen LogP contribution in [0.2, 0.25) is 10.0 Å². The molecule has 152 valence electrons. The maximum absolute atomic E-state index is 12.8. The summed E-state index contributed by atoms with van der Waals surface area (Å²) < 4.78 is 5.93. The third-order valence-corrected chi connectivity index (χ3v) is 6.29. The molecule has 0 bridgehead atoms. The quantitative estimate of drug-likeness (QED) is 0.381. The SMILES string of the molecule is C[C@@H]1CCN([C@H]2Cc3c(Cl)cc(Cl)cc3[C@@H]2OC(=O)c2ccc([N+](=O)[O-])cc2)C1. The first kappa shape index (κ1) is 20.1. The number of hydrogen-bond acceptors (Lipinski definition) is 5. The van der Waals surface area contributed by atoms with E-state index in [-0.39, 0.29) is 17.3 Å². The van der Waals surface area contributed by atoms with Crippen LogP contribution >= 0.6 is 23.2 Å². The maximum atomic E-state index is 12.8. The van der Waals surface area contributed by atoms with Gasteiger partial charge in [-0.1, -0.05) is 30.1 Å². The topological polar surface area (TPSA) is 72.7 Å². The molecule has 0 amide bonds. The van der Waals surface area contributed by atoms with E-state index in [1.165, 1.54) is 24.3 Å². The third kappa shape index (κ3) is 3.97. The molecule has 6 nitrogen and oxygen atoms in total. The standard InChI is InChI=1S/C21H20Cl2N2O4/c1-12-6-7-24(11-12)19-10-16-17(8-14(22)9-18(16)23)20(19)29-21(26)13-2-4-15(5-3-13)25(27)28/h2-5,8-9,12,19-20H,6-7,10-11H2,1H3/t12-,19+,20+/m1/s1. The van der Waals surface area contributed by atoms with Gasteiger partial charge in [-0.05, 0) is 55.1 Å². The van der Waals surface area contributed by atoms with Gasteiger partial charge in [0.2, 0.25) is 0 Å². The smallest absolute Gasteiger partial charge is 0.338 e. The monoisotopic (exact) mass is 434 g/mol. The number of benzene rings is 2. The number of rotatable bonds is 4. The Kier molecular flexibility index (Phi) is 5.51. The molecule has 2 aliphatic rings. The summed E-state index contributed by atoms with van der Waals surface area (Å²) in [5.74, 6) is 0.0647. The van der Waals surface area contributed by atoms with Gasteiger partial charge < -0.3 is 4.74 Å². The Labute approximate surface area is 178 Å². The minimum atomic E-state index is -0.522. The van der Waals surface area contributed by atoms with E-state index in [4.69, 9.17) is 27.9 Å². The van der Waals surface area contributed by atoms with Crippen molar-refractivity contribution < 1.29 is 14.5 Å². The van der Waals surface area contributed by atoms with Crippen LogP contribution in [0.1, 0.15) is 40.9 Å². The second kappa shape index (κ2) is 7.94. The van der Waals surface area contributed by atoms with Crippen molar-refractivity contribution in [3.8, 4) is 0 Å². The summed E-state index contributed by atoms with van der Waals surface area (Å²) in [5, 5.41) is 11.9. The average Bonchev–Trinajstić information content (AvgIpc) is 3.26. The molecular weight excluding hydrogens is 415 g/mol. The van der Waals surface area contributed by atoms with Crippen molar-refractivity contribution in [3.05, 3.63) is 73.2 Å². The van der Waals surface area contributed by atoms with Gasteiger partial charge in [-0.15, -0.1) is 0 Å². The highest BCUT2D eigenvalue weighted by Crippen LogP contribution is 2.43. The third-order valence-electron chi connectivity index (χ3n) is 5.74. The highest BCUT2D eigenvalue weighted by molar-refractivity contribution is 6.35. The van der Waals surface area contributed by atoms with Crippen LogP contribution in [-0.4, -0.2) is 34.9 Å². The van der Waals surface area contributed by atoms with E-state index in [2.05, 4.69) is 11.8 Å². The van der Waals surface area contributed by atoms with Crippen LogP contribution in [-0.2, 0) is 11.2 Å². The molecule has 0 aromatic heterocycles.